The summed E-state index contributed by atoms with van der Waals surface area (Å²) in [4.78, 5) is 28.2. The molecule has 28 aromatic rings. The maximum absolute atomic E-state index is 4.73. The maximum Gasteiger partial charge on any atom is 0.0971 e. The van der Waals surface area contributed by atoms with Crippen molar-refractivity contribution >= 4 is 203 Å². The molecule has 0 unspecified atom stereocenters. The Kier molecular flexibility index (Phi) is 19.7. The molecule has 22 aromatic carbocycles. The highest BCUT2D eigenvalue weighted by molar-refractivity contribution is 7.26. The summed E-state index contributed by atoms with van der Waals surface area (Å²) in [6.07, 6.45) is 10.7. The minimum Gasteiger partial charge on any atom is -0.252 e. The van der Waals surface area contributed by atoms with Crippen molar-refractivity contribution < 1.29 is 0 Å². The first-order valence-corrected chi connectivity index (χ1v) is 49.0. The van der Waals surface area contributed by atoms with Gasteiger partial charge in [0.2, 0.25) is 0 Å². The van der Waals surface area contributed by atoms with Crippen molar-refractivity contribution in [2.45, 2.75) is 26.2 Å². The molecule has 0 atom stereocenters. The lowest BCUT2D eigenvalue weighted by Crippen LogP contribution is -2.10. The van der Waals surface area contributed by atoms with E-state index in [0.29, 0.717) is 0 Å². The Hall–Kier alpha value is -16.7. The van der Waals surface area contributed by atoms with Gasteiger partial charge in [0.1, 0.15) is 0 Å². The predicted octanol–water partition coefficient (Wildman–Crippen LogP) is 36.4. The zero-order valence-electron chi connectivity index (χ0n) is 75.1. The first-order chi connectivity index (χ1) is 67.5. The summed E-state index contributed by atoms with van der Waals surface area (Å²) >= 11 is 5.61. The van der Waals surface area contributed by atoms with E-state index < -0.39 is 0 Å². The number of nitrogens with zero attached hydrogens (tertiary/aromatic N) is 6. The number of hydrogen-bond donors (Lipinski definition) is 0. The van der Waals surface area contributed by atoms with E-state index >= 15 is 0 Å². The number of aromatic nitrogens is 6. The molecule has 0 fully saturated rings. The maximum atomic E-state index is 4.73. The van der Waals surface area contributed by atoms with E-state index in [4.69, 9.17) is 24.9 Å². The average molecular weight is 1800 g/mol. The van der Waals surface area contributed by atoms with Crippen LogP contribution in [0.1, 0.15) is 26.3 Å². The average Bonchev–Trinajstić information content (AvgIpc) is 1.66. The van der Waals surface area contributed by atoms with Gasteiger partial charge in [0.15, 0.2) is 0 Å². The van der Waals surface area contributed by atoms with Crippen molar-refractivity contribution in [1.29, 1.82) is 0 Å². The van der Waals surface area contributed by atoms with Gasteiger partial charge in [0.05, 0.1) is 33.1 Å². The van der Waals surface area contributed by atoms with Crippen LogP contribution in [0.5, 0.6) is 0 Å². The Morgan fingerprint density at radius 1 is 0.153 bits per heavy atom. The Morgan fingerprint density at radius 2 is 0.380 bits per heavy atom. The smallest absolute Gasteiger partial charge is 0.0971 e. The van der Waals surface area contributed by atoms with Crippen molar-refractivity contribution in [3.63, 3.8) is 0 Å². The highest BCUT2D eigenvalue weighted by Crippen LogP contribution is 2.47. The lowest BCUT2D eigenvalue weighted by molar-refractivity contribution is 0.591. The molecule has 0 bridgehead atoms. The van der Waals surface area contributed by atoms with Crippen LogP contribution in [0.4, 0.5) is 0 Å². The van der Waals surface area contributed by atoms with Crippen molar-refractivity contribution in [2.24, 2.45) is 0 Å². The zero-order chi connectivity index (χ0) is 90.9. The second-order valence-electron chi connectivity index (χ2n) is 36.7. The number of fused-ring (bicyclic) bond motifs is 28. The Bertz CT molecular complexity index is 9700. The topological polar surface area (TPSA) is 77.3 Å². The van der Waals surface area contributed by atoms with Crippen molar-refractivity contribution in [3.8, 4) is 100 Å². The largest absolute Gasteiger partial charge is 0.252 e. The first-order valence-electron chi connectivity index (χ1n) is 46.5. The fourth-order valence-electron chi connectivity index (χ4n) is 20.7. The third kappa shape index (κ3) is 14.4. The summed E-state index contributed by atoms with van der Waals surface area (Å²) in [6, 6.07) is 149. The van der Waals surface area contributed by atoms with Gasteiger partial charge >= 0.3 is 0 Å². The zero-order valence-corrected chi connectivity index (χ0v) is 77.5. The lowest BCUT2D eigenvalue weighted by atomic mass is 9.86. The molecule has 642 valence electrons. The first kappa shape index (κ1) is 81.1. The van der Waals surface area contributed by atoms with Crippen LogP contribution in [-0.2, 0) is 5.41 Å². The van der Waals surface area contributed by atoms with E-state index in [2.05, 4.69) is 432 Å². The molecule has 0 saturated heterocycles. The van der Waals surface area contributed by atoms with Crippen molar-refractivity contribution in [1.82, 2.24) is 29.9 Å². The Morgan fingerprint density at radius 3 is 0.737 bits per heavy atom. The van der Waals surface area contributed by atoms with E-state index in [-0.39, 0.29) is 5.41 Å². The van der Waals surface area contributed by atoms with Crippen LogP contribution in [0.15, 0.2) is 444 Å². The van der Waals surface area contributed by atoms with Gasteiger partial charge in [-0.2, -0.15) is 0 Å². The quantitative estimate of drug-likeness (QED) is 0.134. The molecule has 0 spiro atoms. The highest BCUT2D eigenvalue weighted by atomic mass is 32.1. The lowest BCUT2D eigenvalue weighted by Gasteiger charge is -2.18. The van der Waals surface area contributed by atoms with E-state index in [0.717, 1.165) is 65.4 Å². The molecule has 0 aliphatic rings. The van der Waals surface area contributed by atoms with Gasteiger partial charge in [-0.05, 0) is 263 Å². The predicted molar refractivity (Wildman–Crippen MR) is 587 cm³/mol. The monoisotopic (exact) mass is 1800 g/mol. The van der Waals surface area contributed by atoms with Gasteiger partial charge in [0.25, 0.3) is 0 Å². The fourth-order valence-corrected chi connectivity index (χ4v) is 23.9. The summed E-state index contributed by atoms with van der Waals surface area (Å²) in [5.41, 5.74) is 29.2. The third-order valence-corrected chi connectivity index (χ3v) is 31.1. The molecule has 0 radical (unpaired) electrons. The van der Waals surface area contributed by atoms with Crippen LogP contribution in [-0.4, -0.2) is 29.9 Å². The molecule has 9 heteroatoms. The van der Waals surface area contributed by atoms with Crippen LogP contribution < -0.4 is 0 Å². The molecule has 0 aliphatic heterocycles. The van der Waals surface area contributed by atoms with Crippen molar-refractivity contribution in [2.75, 3.05) is 0 Å². The number of hydrogen-bond acceptors (Lipinski definition) is 9. The Balaban J connectivity index is 0.000000107. The van der Waals surface area contributed by atoms with E-state index in [1.807, 2.05) is 34.0 Å². The SMILES string of the molecule is CC(C)(C)c1ccc2sc3ccc(-c4cccc(-c5ccc6c(c5)c5ccccc5c5nccnc65)c4)cc3c2c1.c1cc(-c2ccc3sc4ccc(-c5cccc6ccccc56)cc4c3c2)cc(-c2ccc3c(c2)c2ccccc2c2nccnc32)c1.c1ccc(-c2ccc(-c3ccc4sc5ccc(-c6cccc(-c7ccc8c(c7)c7ccccc7c7nccnc87)c6)cc5c4c3)cc2)cc1. The highest BCUT2D eigenvalue weighted by Gasteiger charge is 2.22. The molecule has 0 saturated carbocycles. The number of thiophene rings is 3. The van der Waals surface area contributed by atoms with Crippen molar-refractivity contribution in [3.05, 3.63) is 449 Å². The van der Waals surface area contributed by atoms with E-state index in [1.165, 1.54) is 209 Å². The van der Waals surface area contributed by atoms with Crippen LogP contribution in [0.2, 0.25) is 0 Å². The van der Waals surface area contributed by atoms with Gasteiger partial charge in [-0.3, -0.25) is 29.9 Å². The number of rotatable bonds is 9. The van der Waals surface area contributed by atoms with Gasteiger partial charge in [-0.25, -0.2) is 0 Å². The third-order valence-electron chi connectivity index (χ3n) is 27.6. The van der Waals surface area contributed by atoms with Crippen LogP contribution in [0.25, 0.3) is 269 Å². The summed E-state index contributed by atoms with van der Waals surface area (Å²) < 4.78 is 7.93. The minimum atomic E-state index is 0.123. The summed E-state index contributed by atoms with van der Waals surface area (Å²) in [5.74, 6) is 0. The standard InChI is InChI=1S/C46H28N2S.C44H26N2S.C38H28N2S/c1-2-7-29(8-3-1)30-13-15-31(16-14-30)34-18-21-43-41(27-34)42-28-36(19-22-44(42)49-43)33-10-6-9-32(25-33)35-17-20-39-40(26-35)37-11-4-5-12-38(37)45-46(39)48-24-23-47-45;1-2-11-33-27(7-1)8-6-14-34(33)32-17-20-42-40(26-32)39-25-31(16-19-41(39)47-42)29-10-5-9-28(23-29)30-15-18-37-38(24-30)35-12-3-4-13-36(35)43-44(37)46-22-21-45-43;1-38(2,3)27-13-16-35-33(22-27)32-21-26(12-15-34(32)41-35)24-8-6-7-23(19-24)25-11-14-30-31(20-25)28-9-4-5-10-29(28)36-37(30)40-18-17-39-36/h1-28H;1-26H;4-22H,1-3H3. The molecular formula is C128H82N6S3. The molecule has 6 aromatic heterocycles. The molecule has 0 aliphatic carbocycles. The van der Waals surface area contributed by atoms with Gasteiger partial charge < -0.3 is 0 Å². The van der Waals surface area contributed by atoms with Crippen LogP contribution in [0, 0.1) is 0 Å². The van der Waals surface area contributed by atoms with Crippen LogP contribution >= 0.6 is 34.0 Å². The second kappa shape index (κ2) is 33.2. The molecular weight excluding hydrogens is 1720 g/mol. The normalized spacial score (nSPS) is 11.9. The second-order valence-corrected chi connectivity index (χ2v) is 40.0. The van der Waals surface area contributed by atoms with Gasteiger partial charge in [0, 0.05) is 130 Å². The minimum absolute atomic E-state index is 0.123. The molecule has 6 heterocycles. The fraction of sp³-hybridized carbons (Fsp3) is 0.0312. The summed E-state index contributed by atoms with van der Waals surface area (Å²) in [5, 5.41) is 24.5. The van der Waals surface area contributed by atoms with E-state index in [1.54, 1.807) is 37.2 Å². The van der Waals surface area contributed by atoms with E-state index in [9.17, 15) is 0 Å². The molecule has 28 rings (SSSR count). The van der Waals surface area contributed by atoms with Gasteiger partial charge in [-0.15, -0.1) is 34.0 Å². The number of benzene rings is 22. The molecule has 0 amide bonds. The van der Waals surface area contributed by atoms with Crippen LogP contribution in [0.3, 0.4) is 0 Å². The molecule has 137 heavy (non-hydrogen) atoms. The Labute approximate surface area is 802 Å². The van der Waals surface area contributed by atoms with Gasteiger partial charge in [-0.1, -0.05) is 318 Å². The summed E-state index contributed by atoms with van der Waals surface area (Å²) in [6.45, 7) is 6.85. The molecule has 6 nitrogen and oxygen atoms in total. The summed E-state index contributed by atoms with van der Waals surface area (Å²) in [7, 11) is 0. The molecule has 0 N–H and O–H groups in total.